The Kier molecular flexibility index (Phi) is 6.46. The van der Waals surface area contributed by atoms with Crippen molar-refractivity contribution in [3.63, 3.8) is 0 Å². The predicted octanol–water partition coefficient (Wildman–Crippen LogP) is 2.61. The van der Waals surface area contributed by atoms with Gasteiger partial charge in [0.05, 0.1) is 33.8 Å². The van der Waals surface area contributed by atoms with Crippen LogP contribution >= 0.6 is 0 Å². The number of nitrogens with one attached hydrogen (secondary N) is 1. The van der Waals surface area contributed by atoms with E-state index in [-0.39, 0.29) is 24.2 Å². The maximum absolute atomic E-state index is 12.5. The molecule has 0 spiro atoms. The van der Waals surface area contributed by atoms with E-state index in [0.717, 1.165) is 31.2 Å². The first-order valence-corrected chi connectivity index (χ1v) is 8.18. The van der Waals surface area contributed by atoms with Crippen molar-refractivity contribution >= 4 is 11.9 Å². The molecule has 6 heteroatoms. The fourth-order valence-electron chi connectivity index (χ4n) is 3.05. The highest BCUT2D eigenvalue weighted by molar-refractivity contribution is 5.80. The molecule has 1 N–H and O–H groups in total. The molecule has 1 aromatic carbocycles. The Balaban J connectivity index is 2.21. The second kappa shape index (κ2) is 8.57. The molecule has 1 saturated carbocycles. The van der Waals surface area contributed by atoms with Gasteiger partial charge in [-0.15, -0.1) is 0 Å². The van der Waals surface area contributed by atoms with Gasteiger partial charge in [0.2, 0.25) is 5.91 Å². The molecular formula is C18H25NO5. The van der Waals surface area contributed by atoms with Gasteiger partial charge in [-0.1, -0.05) is 18.9 Å². The van der Waals surface area contributed by atoms with Crippen molar-refractivity contribution in [2.24, 2.45) is 5.92 Å². The Morgan fingerprint density at radius 1 is 1.12 bits per heavy atom. The summed E-state index contributed by atoms with van der Waals surface area (Å²) in [5, 5.41) is 2.99. The number of ether oxygens (including phenoxy) is 3. The SMILES string of the molecule is COC(=O)C[C@H](NC(=O)C1CCCC1)c1ccc(OC)c(OC)c1. The van der Waals surface area contributed by atoms with Crippen LogP contribution in [0.5, 0.6) is 11.5 Å². The highest BCUT2D eigenvalue weighted by Gasteiger charge is 2.27. The van der Waals surface area contributed by atoms with Crippen molar-refractivity contribution in [1.82, 2.24) is 5.32 Å². The Bertz CT molecular complexity index is 581. The van der Waals surface area contributed by atoms with Crippen molar-refractivity contribution in [1.29, 1.82) is 0 Å². The Morgan fingerprint density at radius 2 is 1.79 bits per heavy atom. The predicted molar refractivity (Wildman–Crippen MR) is 89.0 cm³/mol. The highest BCUT2D eigenvalue weighted by atomic mass is 16.5. The summed E-state index contributed by atoms with van der Waals surface area (Å²) >= 11 is 0. The largest absolute Gasteiger partial charge is 0.493 e. The van der Waals surface area contributed by atoms with Crippen LogP contribution in [-0.2, 0) is 14.3 Å². The van der Waals surface area contributed by atoms with E-state index >= 15 is 0 Å². The highest BCUT2D eigenvalue weighted by Crippen LogP contribution is 2.32. The number of esters is 1. The fourth-order valence-corrected chi connectivity index (χ4v) is 3.05. The molecule has 24 heavy (non-hydrogen) atoms. The lowest BCUT2D eigenvalue weighted by atomic mass is 10.0. The normalized spacial score (nSPS) is 15.6. The lowest BCUT2D eigenvalue weighted by molar-refractivity contribution is -0.141. The van der Waals surface area contributed by atoms with Crippen LogP contribution in [0.25, 0.3) is 0 Å². The minimum Gasteiger partial charge on any atom is -0.493 e. The summed E-state index contributed by atoms with van der Waals surface area (Å²) in [6, 6.07) is 4.91. The first-order valence-electron chi connectivity index (χ1n) is 8.18. The Hall–Kier alpha value is -2.24. The molecule has 0 heterocycles. The zero-order valence-corrected chi connectivity index (χ0v) is 14.5. The number of carbonyl (C=O) groups is 2. The third-order valence-electron chi connectivity index (χ3n) is 4.45. The van der Waals surface area contributed by atoms with Crippen molar-refractivity contribution in [2.75, 3.05) is 21.3 Å². The van der Waals surface area contributed by atoms with Crippen LogP contribution < -0.4 is 14.8 Å². The van der Waals surface area contributed by atoms with E-state index in [4.69, 9.17) is 14.2 Å². The molecule has 2 rings (SSSR count). The number of amides is 1. The van der Waals surface area contributed by atoms with Gasteiger partial charge in [0, 0.05) is 5.92 Å². The first kappa shape index (κ1) is 18.1. The van der Waals surface area contributed by atoms with E-state index in [0.29, 0.717) is 11.5 Å². The van der Waals surface area contributed by atoms with E-state index in [9.17, 15) is 9.59 Å². The van der Waals surface area contributed by atoms with E-state index in [1.807, 2.05) is 6.07 Å². The zero-order chi connectivity index (χ0) is 17.5. The molecule has 0 aliphatic heterocycles. The number of hydrogen-bond donors (Lipinski definition) is 1. The molecule has 1 fully saturated rings. The standard InChI is InChI=1S/C18H25NO5/c1-22-15-9-8-13(10-16(15)23-2)14(11-17(20)24-3)19-18(21)12-6-4-5-7-12/h8-10,12,14H,4-7,11H2,1-3H3,(H,19,21)/t14-/m0/s1. The van der Waals surface area contributed by atoms with Crippen molar-refractivity contribution < 1.29 is 23.8 Å². The summed E-state index contributed by atoms with van der Waals surface area (Å²) in [5.41, 5.74) is 0.782. The monoisotopic (exact) mass is 335 g/mol. The maximum atomic E-state index is 12.5. The average molecular weight is 335 g/mol. The quantitative estimate of drug-likeness (QED) is 0.775. The third kappa shape index (κ3) is 4.40. The molecule has 132 valence electrons. The molecule has 0 bridgehead atoms. The average Bonchev–Trinajstić information content (AvgIpc) is 3.15. The van der Waals surface area contributed by atoms with E-state index in [2.05, 4.69) is 5.32 Å². The van der Waals surface area contributed by atoms with Crippen molar-refractivity contribution in [3.05, 3.63) is 23.8 Å². The van der Waals surface area contributed by atoms with Crippen LogP contribution in [-0.4, -0.2) is 33.2 Å². The molecule has 1 aliphatic carbocycles. The van der Waals surface area contributed by atoms with Gasteiger partial charge in [0.1, 0.15) is 0 Å². The molecule has 1 aromatic rings. The van der Waals surface area contributed by atoms with E-state index in [1.54, 1.807) is 26.4 Å². The number of hydrogen-bond acceptors (Lipinski definition) is 5. The molecule has 0 aromatic heterocycles. The maximum Gasteiger partial charge on any atom is 0.307 e. The second-order valence-electron chi connectivity index (χ2n) is 5.94. The minimum atomic E-state index is -0.453. The smallest absolute Gasteiger partial charge is 0.307 e. The molecule has 1 atom stereocenters. The van der Waals surface area contributed by atoms with Crippen molar-refractivity contribution in [2.45, 2.75) is 38.1 Å². The van der Waals surface area contributed by atoms with Crippen LogP contribution in [0.1, 0.15) is 43.7 Å². The van der Waals surface area contributed by atoms with Gasteiger partial charge < -0.3 is 19.5 Å². The fraction of sp³-hybridized carbons (Fsp3) is 0.556. The van der Waals surface area contributed by atoms with E-state index < -0.39 is 6.04 Å². The van der Waals surface area contributed by atoms with Crippen LogP contribution in [0.15, 0.2) is 18.2 Å². The number of carbonyl (C=O) groups excluding carboxylic acids is 2. The Morgan fingerprint density at radius 3 is 2.38 bits per heavy atom. The van der Waals surface area contributed by atoms with Gasteiger partial charge in [-0.2, -0.15) is 0 Å². The topological polar surface area (TPSA) is 73.9 Å². The molecule has 6 nitrogen and oxygen atoms in total. The van der Waals surface area contributed by atoms with Gasteiger partial charge in [0.15, 0.2) is 11.5 Å². The zero-order valence-electron chi connectivity index (χ0n) is 14.5. The van der Waals surface area contributed by atoms with Gasteiger partial charge in [-0.3, -0.25) is 9.59 Å². The molecule has 0 unspecified atom stereocenters. The summed E-state index contributed by atoms with van der Waals surface area (Å²) in [6.45, 7) is 0. The summed E-state index contributed by atoms with van der Waals surface area (Å²) in [4.78, 5) is 24.2. The molecule has 1 aliphatic rings. The summed E-state index contributed by atoms with van der Waals surface area (Å²) < 4.78 is 15.3. The lowest BCUT2D eigenvalue weighted by Gasteiger charge is -2.21. The molecule has 0 saturated heterocycles. The van der Waals surface area contributed by atoms with Gasteiger partial charge in [-0.25, -0.2) is 0 Å². The molecule has 0 radical (unpaired) electrons. The first-order chi connectivity index (χ1) is 11.6. The van der Waals surface area contributed by atoms with Gasteiger partial charge in [-0.05, 0) is 30.5 Å². The molecule has 1 amide bonds. The number of benzene rings is 1. The summed E-state index contributed by atoms with van der Waals surface area (Å²) in [5.74, 6) is 0.808. The van der Waals surface area contributed by atoms with Gasteiger partial charge >= 0.3 is 5.97 Å². The second-order valence-corrected chi connectivity index (χ2v) is 5.94. The Labute approximate surface area is 142 Å². The van der Waals surface area contributed by atoms with E-state index in [1.165, 1.54) is 7.11 Å². The van der Waals surface area contributed by atoms with Crippen LogP contribution in [0.4, 0.5) is 0 Å². The van der Waals surface area contributed by atoms with Crippen LogP contribution in [0.3, 0.4) is 0 Å². The number of methoxy groups -OCH3 is 3. The third-order valence-corrected chi connectivity index (χ3v) is 4.45. The minimum absolute atomic E-state index is 0.00353. The number of rotatable bonds is 7. The molecular weight excluding hydrogens is 310 g/mol. The summed E-state index contributed by atoms with van der Waals surface area (Å²) in [6.07, 6.45) is 4.04. The van der Waals surface area contributed by atoms with Crippen molar-refractivity contribution in [3.8, 4) is 11.5 Å². The van der Waals surface area contributed by atoms with Crippen LogP contribution in [0.2, 0.25) is 0 Å². The van der Waals surface area contributed by atoms with Crippen LogP contribution in [0, 0.1) is 5.92 Å². The van der Waals surface area contributed by atoms with Gasteiger partial charge in [0.25, 0.3) is 0 Å². The summed E-state index contributed by atoms with van der Waals surface area (Å²) in [7, 11) is 4.45. The lowest BCUT2D eigenvalue weighted by Crippen LogP contribution is -2.34.